The van der Waals surface area contributed by atoms with E-state index >= 15 is 0 Å². The largest absolute Gasteiger partial charge is 0.481 e. The van der Waals surface area contributed by atoms with Gasteiger partial charge in [0.25, 0.3) is 0 Å². The zero-order valence-electron chi connectivity index (χ0n) is 10.8. The van der Waals surface area contributed by atoms with Gasteiger partial charge in [-0.2, -0.15) is 0 Å². The Hall–Kier alpha value is -1.81. The van der Waals surface area contributed by atoms with Gasteiger partial charge in [0.15, 0.2) is 0 Å². The highest BCUT2D eigenvalue weighted by Gasteiger charge is 2.32. The molecule has 2 unspecified atom stereocenters. The van der Waals surface area contributed by atoms with Gasteiger partial charge in [-0.1, -0.05) is 18.0 Å². The molecule has 2 atom stereocenters. The average Bonchev–Trinajstić information content (AvgIpc) is 2.87. The van der Waals surface area contributed by atoms with Crippen LogP contribution in [-0.4, -0.2) is 22.1 Å². The predicted molar refractivity (Wildman–Crippen MR) is 79.1 cm³/mol. The van der Waals surface area contributed by atoms with Crippen LogP contribution in [0.2, 0.25) is 5.02 Å². The van der Waals surface area contributed by atoms with Gasteiger partial charge in [-0.3, -0.25) is 9.78 Å². The maximum atomic E-state index is 11.2. The van der Waals surface area contributed by atoms with E-state index < -0.39 is 5.97 Å². The first kappa shape index (κ1) is 13.2. The number of anilines is 1. The van der Waals surface area contributed by atoms with Crippen LogP contribution in [0.5, 0.6) is 0 Å². The van der Waals surface area contributed by atoms with Crippen LogP contribution in [0, 0.1) is 5.92 Å². The second-order valence-corrected chi connectivity index (χ2v) is 5.58. The molecule has 0 aliphatic heterocycles. The number of nitrogens with zero attached hydrogens (tertiary/aromatic N) is 1. The first-order valence-electron chi connectivity index (χ1n) is 6.69. The molecule has 2 N–H and O–H groups in total. The third-order valence-corrected chi connectivity index (χ3v) is 4.11. The minimum atomic E-state index is -0.721. The third-order valence-electron chi connectivity index (χ3n) is 3.88. The van der Waals surface area contributed by atoms with Crippen LogP contribution in [0.25, 0.3) is 10.9 Å². The molecule has 4 nitrogen and oxygen atoms in total. The molecule has 1 saturated carbocycles. The maximum absolute atomic E-state index is 11.2. The number of aromatic nitrogens is 1. The van der Waals surface area contributed by atoms with Gasteiger partial charge in [0.2, 0.25) is 0 Å². The molecule has 1 aliphatic carbocycles. The van der Waals surface area contributed by atoms with Crippen molar-refractivity contribution in [2.24, 2.45) is 5.92 Å². The Balaban J connectivity index is 1.93. The van der Waals surface area contributed by atoms with Crippen molar-refractivity contribution in [1.82, 2.24) is 4.98 Å². The van der Waals surface area contributed by atoms with Crippen LogP contribution >= 0.6 is 11.6 Å². The number of carboxylic acids is 1. The summed E-state index contributed by atoms with van der Waals surface area (Å²) in [6.45, 7) is 0. The smallest absolute Gasteiger partial charge is 0.308 e. The van der Waals surface area contributed by atoms with Gasteiger partial charge in [-0.15, -0.1) is 0 Å². The molecule has 1 heterocycles. The van der Waals surface area contributed by atoms with Crippen LogP contribution in [0.15, 0.2) is 30.5 Å². The lowest BCUT2D eigenvalue weighted by molar-refractivity contribution is -0.141. The fourth-order valence-corrected chi connectivity index (χ4v) is 3.04. The number of hydrogen-bond donors (Lipinski definition) is 2. The number of halogens is 1. The average molecular weight is 291 g/mol. The van der Waals surface area contributed by atoms with E-state index in [0.29, 0.717) is 5.02 Å². The molecule has 2 aromatic rings. The summed E-state index contributed by atoms with van der Waals surface area (Å²) in [6, 6.07) is 7.41. The minimum absolute atomic E-state index is 0.0196. The van der Waals surface area contributed by atoms with E-state index in [2.05, 4.69) is 10.3 Å². The van der Waals surface area contributed by atoms with Gasteiger partial charge in [-0.25, -0.2) is 0 Å². The molecule has 0 spiro atoms. The minimum Gasteiger partial charge on any atom is -0.481 e. The first-order chi connectivity index (χ1) is 9.65. The van der Waals surface area contributed by atoms with Crippen molar-refractivity contribution >= 4 is 34.2 Å². The zero-order valence-corrected chi connectivity index (χ0v) is 11.6. The van der Waals surface area contributed by atoms with Crippen molar-refractivity contribution in [3.05, 3.63) is 35.5 Å². The molecule has 104 valence electrons. The summed E-state index contributed by atoms with van der Waals surface area (Å²) in [5, 5.41) is 14.2. The van der Waals surface area contributed by atoms with E-state index in [0.717, 1.165) is 35.9 Å². The van der Waals surface area contributed by atoms with E-state index in [4.69, 9.17) is 11.6 Å². The van der Waals surface area contributed by atoms with E-state index in [1.54, 1.807) is 6.20 Å². The van der Waals surface area contributed by atoms with Crippen LogP contribution < -0.4 is 5.32 Å². The number of rotatable bonds is 3. The maximum Gasteiger partial charge on any atom is 0.308 e. The molecule has 0 bridgehead atoms. The van der Waals surface area contributed by atoms with Crippen LogP contribution in [0.4, 0.5) is 5.69 Å². The van der Waals surface area contributed by atoms with E-state index in [1.165, 1.54) is 0 Å². The van der Waals surface area contributed by atoms with Crippen molar-refractivity contribution in [1.29, 1.82) is 0 Å². The summed E-state index contributed by atoms with van der Waals surface area (Å²) in [5.74, 6) is -1.04. The second kappa shape index (κ2) is 5.29. The Labute approximate surface area is 121 Å². The van der Waals surface area contributed by atoms with E-state index in [-0.39, 0.29) is 12.0 Å². The monoisotopic (exact) mass is 290 g/mol. The van der Waals surface area contributed by atoms with Gasteiger partial charge in [0.05, 0.1) is 11.4 Å². The highest BCUT2D eigenvalue weighted by molar-refractivity contribution is 6.31. The van der Waals surface area contributed by atoms with Crippen molar-refractivity contribution in [3.8, 4) is 0 Å². The molecule has 0 saturated heterocycles. The topological polar surface area (TPSA) is 62.2 Å². The summed E-state index contributed by atoms with van der Waals surface area (Å²) in [7, 11) is 0. The summed E-state index contributed by atoms with van der Waals surface area (Å²) in [5.41, 5.74) is 1.73. The molecule has 20 heavy (non-hydrogen) atoms. The number of fused-ring (bicyclic) bond motifs is 1. The lowest BCUT2D eigenvalue weighted by Gasteiger charge is -2.20. The van der Waals surface area contributed by atoms with Gasteiger partial charge >= 0.3 is 5.97 Å². The molecule has 1 aliphatic rings. The summed E-state index contributed by atoms with van der Waals surface area (Å²) < 4.78 is 0. The number of nitrogens with one attached hydrogen (secondary N) is 1. The summed E-state index contributed by atoms with van der Waals surface area (Å²) in [4.78, 5) is 15.5. The Morgan fingerprint density at radius 1 is 1.35 bits per heavy atom. The van der Waals surface area contributed by atoms with Crippen LogP contribution in [0.3, 0.4) is 0 Å². The molecule has 1 aromatic heterocycles. The molecule has 3 rings (SSSR count). The molecular formula is C15H15ClN2O2. The number of benzene rings is 1. The Kier molecular flexibility index (Phi) is 3.49. The Morgan fingerprint density at radius 3 is 3.00 bits per heavy atom. The number of aliphatic carboxylic acids is 1. The Bertz CT molecular complexity index is 659. The lowest BCUT2D eigenvalue weighted by Crippen LogP contribution is -2.29. The van der Waals surface area contributed by atoms with Crippen molar-refractivity contribution in [2.75, 3.05) is 5.32 Å². The quantitative estimate of drug-likeness (QED) is 0.907. The summed E-state index contributed by atoms with van der Waals surface area (Å²) >= 11 is 5.97. The molecule has 5 heteroatoms. The van der Waals surface area contributed by atoms with Crippen molar-refractivity contribution in [2.45, 2.75) is 25.3 Å². The first-order valence-corrected chi connectivity index (χ1v) is 7.06. The number of pyridine rings is 1. The number of carboxylic acid groups (broad SMARTS) is 1. The number of carbonyl (C=O) groups is 1. The van der Waals surface area contributed by atoms with E-state index in [1.807, 2.05) is 24.3 Å². The van der Waals surface area contributed by atoms with Crippen LogP contribution in [-0.2, 0) is 4.79 Å². The number of hydrogen-bond acceptors (Lipinski definition) is 3. The molecule has 1 fully saturated rings. The molecular weight excluding hydrogens is 276 g/mol. The second-order valence-electron chi connectivity index (χ2n) is 5.15. The predicted octanol–water partition coefficient (Wildman–Crippen LogP) is 3.55. The lowest BCUT2D eigenvalue weighted by atomic mass is 10.0. The zero-order chi connectivity index (χ0) is 14.1. The highest BCUT2D eigenvalue weighted by Crippen LogP contribution is 2.31. The SMILES string of the molecule is O=C(O)C1CCCC1Nc1ccnc2cc(Cl)ccc12. The third kappa shape index (κ3) is 2.43. The van der Waals surface area contributed by atoms with Gasteiger partial charge in [-0.05, 0) is 37.1 Å². The standard InChI is InChI=1S/C15H15ClN2O2/c16-9-4-5-10-13(6-7-17-14(10)8-9)18-12-3-1-2-11(12)15(19)20/h4-8,11-12H,1-3H2,(H,17,18)(H,19,20). The van der Waals surface area contributed by atoms with Gasteiger partial charge in [0, 0.05) is 28.3 Å². The molecule has 0 amide bonds. The highest BCUT2D eigenvalue weighted by atomic mass is 35.5. The van der Waals surface area contributed by atoms with Gasteiger partial charge in [0.1, 0.15) is 0 Å². The van der Waals surface area contributed by atoms with Gasteiger partial charge < -0.3 is 10.4 Å². The van der Waals surface area contributed by atoms with E-state index in [9.17, 15) is 9.90 Å². The Morgan fingerprint density at radius 2 is 2.20 bits per heavy atom. The fraction of sp³-hybridized carbons (Fsp3) is 0.333. The van der Waals surface area contributed by atoms with Crippen molar-refractivity contribution < 1.29 is 9.90 Å². The summed E-state index contributed by atoms with van der Waals surface area (Å²) in [6.07, 6.45) is 4.28. The fourth-order valence-electron chi connectivity index (χ4n) is 2.88. The van der Waals surface area contributed by atoms with Crippen LogP contribution in [0.1, 0.15) is 19.3 Å². The molecule has 1 aromatic carbocycles. The van der Waals surface area contributed by atoms with Crippen molar-refractivity contribution in [3.63, 3.8) is 0 Å². The molecule has 0 radical (unpaired) electrons. The normalized spacial score (nSPS) is 22.1.